The molecule has 0 bridgehead atoms. The Morgan fingerprint density at radius 1 is 1.57 bits per heavy atom. The maximum absolute atomic E-state index is 5.57. The van der Waals surface area contributed by atoms with Crippen LogP contribution >= 0.6 is 0 Å². The van der Waals surface area contributed by atoms with E-state index in [0.29, 0.717) is 12.4 Å². The van der Waals surface area contributed by atoms with Crippen LogP contribution in [0.3, 0.4) is 0 Å². The molecule has 0 saturated heterocycles. The quantitative estimate of drug-likeness (QED) is 0.791. The lowest BCUT2D eigenvalue weighted by Crippen LogP contribution is -2.02. The summed E-state index contributed by atoms with van der Waals surface area (Å²) in [4.78, 5) is 4.27. The highest BCUT2D eigenvalue weighted by Crippen LogP contribution is 2.10. The van der Waals surface area contributed by atoms with Crippen LogP contribution in [0.4, 0.5) is 0 Å². The molecule has 0 aromatic carbocycles. The van der Waals surface area contributed by atoms with Crippen LogP contribution in [0.5, 0.6) is 5.88 Å². The molecule has 76 valence electrons. The van der Waals surface area contributed by atoms with E-state index in [9.17, 15) is 0 Å². The first-order valence-electron chi connectivity index (χ1n) is 4.70. The molecule has 1 rings (SSSR count). The van der Waals surface area contributed by atoms with Gasteiger partial charge in [-0.2, -0.15) is 0 Å². The first-order valence-corrected chi connectivity index (χ1v) is 4.70. The van der Waals surface area contributed by atoms with Gasteiger partial charge >= 0.3 is 0 Å². The average molecular weight is 192 g/mol. The summed E-state index contributed by atoms with van der Waals surface area (Å²) in [7, 11) is 1.61. The third-order valence-corrected chi connectivity index (χ3v) is 2.02. The summed E-state index contributed by atoms with van der Waals surface area (Å²) < 4.78 is 5.03. The second kappa shape index (κ2) is 5.40. The zero-order chi connectivity index (χ0) is 10.4. The van der Waals surface area contributed by atoms with E-state index in [1.54, 1.807) is 7.11 Å². The minimum Gasteiger partial charge on any atom is -0.481 e. The van der Waals surface area contributed by atoms with Crippen LogP contribution < -0.4 is 10.5 Å². The van der Waals surface area contributed by atoms with Crippen molar-refractivity contribution >= 4 is 6.08 Å². The number of hydrogen-bond acceptors (Lipinski definition) is 3. The van der Waals surface area contributed by atoms with Crippen LogP contribution in [-0.4, -0.2) is 18.6 Å². The standard InChI is InChI=1S/C11H16N2O/c1-3-9(8-12)7-10-5-4-6-11(13-10)14-2/h4-7H,3,8,12H2,1-2H3/b9-7-. The van der Waals surface area contributed by atoms with E-state index in [0.717, 1.165) is 12.1 Å². The molecule has 0 atom stereocenters. The number of nitrogens with two attached hydrogens (primary N) is 1. The van der Waals surface area contributed by atoms with Crippen LogP contribution in [0, 0.1) is 0 Å². The maximum atomic E-state index is 5.57. The molecule has 0 saturated carbocycles. The van der Waals surface area contributed by atoms with Crippen molar-refractivity contribution in [2.45, 2.75) is 13.3 Å². The second-order valence-electron chi connectivity index (χ2n) is 2.97. The zero-order valence-electron chi connectivity index (χ0n) is 8.66. The third-order valence-electron chi connectivity index (χ3n) is 2.02. The van der Waals surface area contributed by atoms with Gasteiger partial charge in [-0.15, -0.1) is 0 Å². The molecule has 0 spiro atoms. The van der Waals surface area contributed by atoms with Gasteiger partial charge in [-0.1, -0.05) is 18.6 Å². The summed E-state index contributed by atoms with van der Waals surface area (Å²) in [5, 5.41) is 0. The van der Waals surface area contributed by atoms with Gasteiger partial charge in [0.05, 0.1) is 12.8 Å². The third kappa shape index (κ3) is 2.85. The Hall–Kier alpha value is -1.35. The average Bonchev–Trinajstić information content (AvgIpc) is 2.26. The van der Waals surface area contributed by atoms with E-state index in [2.05, 4.69) is 11.9 Å². The Morgan fingerprint density at radius 3 is 2.93 bits per heavy atom. The largest absolute Gasteiger partial charge is 0.481 e. The fraction of sp³-hybridized carbons (Fsp3) is 0.364. The van der Waals surface area contributed by atoms with Gasteiger partial charge < -0.3 is 10.5 Å². The summed E-state index contributed by atoms with van der Waals surface area (Å²) in [6.45, 7) is 2.66. The lowest BCUT2D eigenvalue weighted by atomic mass is 10.1. The normalized spacial score (nSPS) is 11.5. The van der Waals surface area contributed by atoms with Gasteiger partial charge in [0.1, 0.15) is 0 Å². The number of pyridine rings is 1. The Labute approximate surface area is 84.6 Å². The monoisotopic (exact) mass is 192 g/mol. The summed E-state index contributed by atoms with van der Waals surface area (Å²) in [6, 6.07) is 5.68. The van der Waals surface area contributed by atoms with Crippen LogP contribution in [0.15, 0.2) is 23.8 Å². The second-order valence-corrected chi connectivity index (χ2v) is 2.97. The van der Waals surface area contributed by atoms with E-state index < -0.39 is 0 Å². The molecule has 14 heavy (non-hydrogen) atoms. The molecule has 0 amide bonds. The van der Waals surface area contributed by atoms with Crippen LogP contribution in [-0.2, 0) is 0 Å². The number of rotatable bonds is 4. The van der Waals surface area contributed by atoms with Gasteiger partial charge in [-0.3, -0.25) is 0 Å². The summed E-state index contributed by atoms with van der Waals surface area (Å²) in [6.07, 6.45) is 2.96. The maximum Gasteiger partial charge on any atom is 0.213 e. The predicted molar refractivity (Wildman–Crippen MR) is 58.1 cm³/mol. The Morgan fingerprint density at radius 2 is 2.36 bits per heavy atom. The molecule has 0 fully saturated rings. The molecule has 0 radical (unpaired) electrons. The fourth-order valence-corrected chi connectivity index (χ4v) is 1.14. The van der Waals surface area contributed by atoms with E-state index in [1.807, 2.05) is 24.3 Å². The lowest BCUT2D eigenvalue weighted by Gasteiger charge is -2.02. The highest BCUT2D eigenvalue weighted by atomic mass is 16.5. The van der Waals surface area contributed by atoms with Crippen molar-refractivity contribution in [1.82, 2.24) is 4.98 Å². The topological polar surface area (TPSA) is 48.1 Å². The Kier molecular flexibility index (Phi) is 4.13. The van der Waals surface area contributed by atoms with E-state index in [4.69, 9.17) is 10.5 Å². The van der Waals surface area contributed by atoms with Crippen molar-refractivity contribution in [3.8, 4) is 5.88 Å². The van der Waals surface area contributed by atoms with Crippen LogP contribution in [0.2, 0.25) is 0 Å². The number of aromatic nitrogens is 1. The van der Waals surface area contributed by atoms with Crippen molar-refractivity contribution in [2.24, 2.45) is 5.73 Å². The molecule has 3 heteroatoms. The van der Waals surface area contributed by atoms with Gasteiger partial charge in [0.25, 0.3) is 0 Å². The van der Waals surface area contributed by atoms with Crippen molar-refractivity contribution in [2.75, 3.05) is 13.7 Å². The summed E-state index contributed by atoms with van der Waals surface area (Å²) in [5.41, 5.74) is 7.66. The van der Waals surface area contributed by atoms with Crippen LogP contribution in [0.25, 0.3) is 6.08 Å². The van der Waals surface area contributed by atoms with Gasteiger partial charge in [-0.25, -0.2) is 4.98 Å². The molecule has 1 heterocycles. The number of ether oxygens (including phenoxy) is 1. The smallest absolute Gasteiger partial charge is 0.213 e. The van der Waals surface area contributed by atoms with Crippen LogP contribution in [0.1, 0.15) is 19.0 Å². The SMILES string of the molecule is CC/C(=C/c1cccc(OC)n1)CN. The molecule has 1 aromatic heterocycles. The molecule has 0 aliphatic carbocycles. The van der Waals surface area contributed by atoms with Crippen molar-refractivity contribution < 1.29 is 4.74 Å². The van der Waals surface area contributed by atoms with Gasteiger partial charge in [0, 0.05) is 12.6 Å². The molecule has 2 N–H and O–H groups in total. The molecule has 1 aromatic rings. The minimum atomic E-state index is 0.579. The first-order chi connectivity index (χ1) is 6.80. The Bertz CT molecular complexity index is 315. The minimum absolute atomic E-state index is 0.579. The van der Waals surface area contributed by atoms with E-state index in [-0.39, 0.29) is 0 Å². The highest BCUT2D eigenvalue weighted by Gasteiger charge is 1.96. The fourth-order valence-electron chi connectivity index (χ4n) is 1.14. The van der Waals surface area contributed by atoms with Crippen molar-refractivity contribution in [3.05, 3.63) is 29.5 Å². The van der Waals surface area contributed by atoms with Gasteiger partial charge in [0.2, 0.25) is 5.88 Å². The molecule has 0 aliphatic heterocycles. The lowest BCUT2D eigenvalue weighted by molar-refractivity contribution is 0.397. The molecule has 3 nitrogen and oxygen atoms in total. The molecular weight excluding hydrogens is 176 g/mol. The number of nitrogens with zero attached hydrogens (tertiary/aromatic N) is 1. The van der Waals surface area contributed by atoms with E-state index >= 15 is 0 Å². The summed E-state index contributed by atoms with van der Waals surface area (Å²) in [5.74, 6) is 0.631. The molecule has 0 unspecified atom stereocenters. The predicted octanol–water partition coefficient (Wildman–Crippen LogP) is 1.84. The summed E-state index contributed by atoms with van der Waals surface area (Å²) >= 11 is 0. The van der Waals surface area contributed by atoms with Gasteiger partial charge in [0.15, 0.2) is 0 Å². The van der Waals surface area contributed by atoms with Gasteiger partial charge in [-0.05, 0) is 18.6 Å². The zero-order valence-corrected chi connectivity index (χ0v) is 8.66. The van der Waals surface area contributed by atoms with E-state index in [1.165, 1.54) is 5.57 Å². The van der Waals surface area contributed by atoms with Crippen molar-refractivity contribution in [1.29, 1.82) is 0 Å². The highest BCUT2D eigenvalue weighted by molar-refractivity contribution is 5.49. The Balaban J connectivity index is 2.90. The van der Waals surface area contributed by atoms with Crippen molar-refractivity contribution in [3.63, 3.8) is 0 Å². The molecular formula is C11H16N2O. The number of hydrogen-bond donors (Lipinski definition) is 1. The first kappa shape index (κ1) is 10.7. The molecule has 0 aliphatic rings. The number of methoxy groups -OCH3 is 1.